The van der Waals surface area contributed by atoms with Crippen LogP contribution < -0.4 is 10.6 Å². The van der Waals surface area contributed by atoms with Crippen molar-refractivity contribution in [2.45, 2.75) is 67.2 Å². The Kier molecular flexibility index (Phi) is 4.96. The summed E-state index contributed by atoms with van der Waals surface area (Å²) in [4.78, 5) is 2.44. The number of fused-ring (bicyclic) bond motifs is 2. The molecule has 6 unspecified atom stereocenters. The Bertz CT molecular complexity index is 323. The number of hydrogen-bond donors (Lipinski definition) is 2. The van der Waals surface area contributed by atoms with E-state index in [1.165, 1.54) is 45.1 Å². The van der Waals surface area contributed by atoms with Gasteiger partial charge in [0.15, 0.2) is 0 Å². The molecule has 0 aromatic carbocycles. The molecule has 3 rings (SSSR count). The summed E-state index contributed by atoms with van der Waals surface area (Å²) in [6.45, 7) is 1.21. The van der Waals surface area contributed by atoms with Crippen molar-refractivity contribution in [3.63, 3.8) is 0 Å². The zero-order valence-electron chi connectivity index (χ0n) is 13.3. The van der Waals surface area contributed by atoms with Crippen LogP contribution in [0.2, 0.25) is 0 Å². The molecule has 116 valence electrons. The highest BCUT2D eigenvalue weighted by atomic mass is 32.2. The van der Waals surface area contributed by atoms with Gasteiger partial charge in [-0.1, -0.05) is 0 Å². The Morgan fingerprint density at radius 1 is 1.05 bits per heavy atom. The molecule has 4 heteroatoms. The first-order chi connectivity index (χ1) is 9.67. The lowest BCUT2D eigenvalue weighted by atomic mass is 9.83. The molecule has 0 amide bonds. The first kappa shape index (κ1) is 15.1. The second kappa shape index (κ2) is 6.55. The third-order valence-electron chi connectivity index (χ3n) is 5.67. The fourth-order valence-corrected chi connectivity index (χ4v) is 6.42. The average molecular weight is 298 g/mol. The first-order valence-corrected chi connectivity index (χ1v) is 9.34. The third-order valence-corrected chi connectivity index (χ3v) is 7.41. The Balaban J connectivity index is 1.59. The number of nitrogens with zero attached hydrogens (tertiary/aromatic N) is 1. The van der Waals surface area contributed by atoms with E-state index in [1.54, 1.807) is 0 Å². The van der Waals surface area contributed by atoms with Crippen LogP contribution in [0.5, 0.6) is 0 Å². The summed E-state index contributed by atoms with van der Waals surface area (Å²) in [5.74, 6) is 0.903. The van der Waals surface area contributed by atoms with Gasteiger partial charge >= 0.3 is 0 Å². The van der Waals surface area contributed by atoms with E-state index in [1.807, 2.05) is 0 Å². The summed E-state index contributed by atoms with van der Waals surface area (Å²) >= 11 is 2.33. The molecule has 0 spiro atoms. The highest BCUT2D eigenvalue weighted by Gasteiger charge is 2.42. The SMILES string of the molecule is CNCC1CCC2NC3CCC(N(C)C)CC3SC2C1. The normalized spacial score (nSPS) is 45.0. The highest BCUT2D eigenvalue weighted by molar-refractivity contribution is 8.00. The molecule has 6 atom stereocenters. The van der Waals surface area contributed by atoms with Gasteiger partial charge in [-0.05, 0) is 72.1 Å². The van der Waals surface area contributed by atoms with E-state index in [-0.39, 0.29) is 0 Å². The third kappa shape index (κ3) is 3.18. The number of nitrogens with one attached hydrogen (secondary N) is 2. The van der Waals surface area contributed by atoms with Crippen LogP contribution in [0.1, 0.15) is 38.5 Å². The molecule has 2 saturated carbocycles. The van der Waals surface area contributed by atoms with Crippen LogP contribution in [0.25, 0.3) is 0 Å². The largest absolute Gasteiger partial charge is 0.319 e. The van der Waals surface area contributed by atoms with Gasteiger partial charge in [-0.15, -0.1) is 0 Å². The number of rotatable bonds is 3. The van der Waals surface area contributed by atoms with Crippen LogP contribution in [0.15, 0.2) is 0 Å². The molecule has 3 nitrogen and oxygen atoms in total. The Morgan fingerprint density at radius 2 is 1.75 bits per heavy atom. The molecule has 1 saturated heterocycles. The lowest BCUT2D eigenvalue weighted by Crippen LogP contribution is -2.59. The van der Waals surface area contributed by atoms with Crippen LogP contribution in [0.4, 0.5) is 0 Å². The number of thioether (sulfide) groups is 1. The van der Waals surface area contributed by atoms with E-state index in [4.69, 9.17) is 0 Å². The second-order valence-electron chi connectivity index (χ2n) is 7.26. The van der Waals surface area contributed by atoms with Crippen LogP contribution in [0, 0.1) is 5.92 Å². The van der Waals surface area contributed by atoms with Gasteiger partial charge in [0.05, 0.1) is 0 Å². The summed E-state index contributed by atoms with van der Waals surface area (Å²) in [6.07, 6.45) is 8.36. The highest BCUT2D eigenvalue weighted by Crippen LogP contribution is 2.43. The molecule has 2 aliphatic carbocycles. The molecule has 0 aromatic heterocycles. The van der Waals surface area contributed by atoms with Gasteiger partial charge < -0.3 is 15.5 Å². The average Bonchev–Trinajstić information content (AvgIpc) is 2.44. The molecular weight excluding hydrogens is 266 g/mol. The van der Waals surface area contributed by atoms with E-state index >= 15 is 0 Å². The van der Waals surface area contributed by atoms with Crippen molar-refractivity contribution >= 4 is 11.8 Å². The Hall–Kier alpha value is 0.230. The van der Waals surface area contributed by atoms with Gasteiger partial charge in [-0.3, -0.25) is 0 Å². The zero-order valence-corrected chi connectivity index (χ0v) is 14.1. The minimum Gasteiger partial charge on any atom is -0.319 e. The second-order valence-corrected chi connectivity index (χ2v) is 8.74. The predicted octanol–water partition coefficient (Wildman–Crippen LogP) is 1.93. The molecule has 3 fully saturated rings. The van der Waals surface area contributed by atoms with Crippen molar-refractivity contribution in [3.05, 3.63) is 0 Å². The summed E-state index contributed by atoms with van der Waals surface area (Å²) < 4.78 is 0. The van der Waals surface area contributed by atoms with E-state index < -0.39 is 0 Å². The molecule has 0 aromatic rings. The van der Waals surface area contributed by atoms with E-state index in [0.29, 0.717) is 0 Å². The van der Waals surface area contributed by atoms with Crippen LogP contribution >= 0.6 is 11.8 Å². The summed E-state index contributed by atoms with van der Waals surface area (Å²) in [5.41, 5.74) is 0. The van der Waals surface area contributed by atoms with Crippen LogP contribution in [-0.4, -0.2) is 61.2 Å². The van der Waals surface area contributed by atoms with Crippen molar-refractivity contribution in [3.8, 4) is 0 Å². The molecule has 2 N–H and O–H groups in total. The summed E-state index contributed by atoms with van der Waals surface area (Å²) in [7, 11) is 6.59. The molecule has 1 aliphatic heterocycles. The van der Waals surface area contributed by atoms with E-state index in [2.05, 4.69) is 48.4 Å². The topological polar surface area (TPSA) is 27.3 Å². The summed E-state index contributed by atoms with van der Waals surface area (Å²) in [6, 6.07) is 2.39. The van der Waals surface area contributed by atoms with Crippen LogP contribution in [-0.2, 0) is 0 Å². The molecule has 0 bridgehead atoms. The lowest BCUT2D eigenvalue weighted by Gasteiger charge is -2.50. The fraction of sp³-hybridized carbons (Fsp3) is 1.00. The maximum atomic E-state index is 4.02. The zero-order chi connectivity index (χ0) is 14.1. The minimum atomic E-state index is 0.790. The molecular formula is C16H31N3S. The van der Waals surface area contributed by atoms with E-state index in [9.17, 15) is 0 Å². The van der Waals surface area contributed by atoms with Gasteiger partial charge in [0.25, 0.3) is 0 Å². The van der Waals surface area contributed by atoms with Crippen molar-refractivity contribution in [1.82, 2.24) is 15.5 Å². The smallest absolute Gasteiger partial charge is 0.0219 e. The first-order valence-electron chi connectivity index (χ1n) is 8.40. The molecule has 3 aliphatic rings. The van der Waals surface area contributed by atoms with Crippen molar-refractivity contribution in [2.24, 2.45) is 5.92 Å². The van der Waals surface area contributed by atoms with Gasteiger partial charge in [-0.2, -0.15) is 11.8 Å². The van der Waals surface area contributed by atoms with Crippen molar-refractivity contribution in [1.29, 1.82) is 0 Å². The van der Waals surface area contributed by atoms with Gasteiger partial charge in [0.2, 0.25) is 0 Å². The summed E-state index contributed by atoms with van der Waals surface area (Å²) in [5, 5.41) is 9.11. The predicted molar refractivity (Wildman–Crippen MR) is 88.5 cm³/mol. The van der Waals surface area contributed by atoms with Gasteiger partial charge in [-0.25, -0.2) is 0 Å². The maximum Gasteiger partial charge on any atom is 0.0219 e. The molecule has 1 heterocycles. The monoisotopic (exact) mass is 297 g/mol. The Labute approximate surface area is 128 Å². The lowest BCUT2D eigenvalue weighted by molar-refractivity contribution is 0.183. The minimum absolute atomic E-state index is 0.790. The fourth-order valence-electron chi connectivity index (χ4n) is 4.44. The van der Waals surface area contributed by atoms with E-state index in [0.717, 1.165) is 34.5 Å². The van der Waals surface area contributed by atoms with Crippen molar-refractivity contribution < 1.29 is 0 Å². The molecule has 0 radical (unpaired) electrons. The quantitative estimate of drug-likeness (QED) is 0.832. The number of hydrogen-bond acceptors (Lipinski definition) is 4. The Morgan fingerprint density at radius 3 is 2.45 bits per heavy atom. The maximum absolute atomic E-state index is 4.02. The molecule has 20 heavy (non-hydrogen) atoms. The van der Waals surface area contributed by atoms with Gasteiger partial charge in [0, 0.05) is 28.6 Å². The van der Waals surface area contributed by atoms with Gasteiger partial charge in [0.1, 0.15) is 0 Å². The van der Waals surface area contributed by atoms with Crippen LogP contribution in [0.3, 0.4) is 0 Å². The standard InChI is InChI=1S/C16H31N3S/c1-17-10-11-4-6-13-15(8-11)20-16-9-12(19(2)3)5-7-14(16)18-13/h11-18H,4-10H2,1-3H3. The van der Waals surface area contributed by atoms with Crippen molar-refractivity contribution in [2.75, 3.05) is 27.7 Å².